The summed E-state index contributed by atoms with van der Waals surface area (Å²) in [5.41, 5.74) is 4.50. The second-order valence-corrected chi connectivity index (χ2v) is 4.50. The van der Waals surface area contributed by atoms with Crippen molar-refractivity contribution in [2.75, 3.05) is 5.32 Å². The van der Waals surface area contributed by atoms with Crippen LogP contribution in [0.5, 0.6) is 0 Å². The summed E-state index contributed by atoms with van der Waals surface area (Å²) in [7, 11) is 0. The molecule has 3 N–H and O–H groups in total. The van der Waals surface area contributed by atoms with E-state index < -0.39 is 17.8 Å². The summed E-state index contributed by atoms with van der Waals surface area (Å²) in [5.74, 6) is -1.58. The first-order valence-corrected chi connectivity index (χ1v) is 6.56. The number of ketones is 1. The SMILES string of the molecule is CC(=O)c1ncccc1C(=O)NNC(=O)Nc1cccc(F)c1.[Na]. The van der Waals surface area contributed by atoms with Crippen LogP contribution in [0, 0.1) is 5.82 Å². The van der Waals surface area contributed by atoms with Gasteiger partial charge in [0.25, 0.3) is 5.91 Å². The number of benzene rings is 1. The molecule has 1 aromatic carbocycles. The summed E-state index contributed by atoms with van der Waals surface area (Å²) in [4.78, 5) is 38.8. The normalized spacial score (nSPS) is 9.42. The van der Waals surface area contributed by atoms with Gasteiger partial charge in [-0.15, -0.1) is 0 Å². The smallest absolute Gasteiger partial charge is 0.306 e. The van der Waals surface area contributed by atoms with Crippen LogP contribution in [0.25, 0.3) is 0 Å². The topological polar surface area (TPSA) is 100 Å². The van der Waals surface area contributed by atoms with Crippen molar-refractivity contribution in [3.8, 4) is 0 Å². The Bertz CT molecular complexity index is 770. The van der Waals surface area contributed by atoms with E-state index in [1.165, 1.54) is 43.5 Å². The van der Waals surface area contributed by atoms with E-state index in [0.29, 0.717) is 0 Å². The largest absolute Gasteiger partial charge is 0.337 e. The van der Waals surface area contributed by atoms with Crippen molar-refractivity contribution < 1.29 is 18.8 Å². The average molecular weight is 339 g/mol. The number of hydrazine groups is 1. The number of urea groups is 1. The first kappa shape index (κ1) is 19.8. The van der Waals surface area contributed by atoms with Gasteiger partial charge in [-0.3, -0.25) is 20.0 Å². The van der Waals surface area contributed by atoms with E-state index in [0.717, 1.165) is 6.07 Å². The van der Waals surface area contributed by atoms with E-state index >= 15 is 0 Å². The number of aromatic nitrogens is 1. The van der Waals surface area contributed by atoms with Crippen molar-refractivity contribution in [1.82, 2.24) is 15.8 Å². The van der Waals surface area contributed by atoms with Gasteiger partial charge in [0.15, 0.2) is 5.78 Å². The number of pyridine rings is 1. The van der Waals surface area contributed by atoms with Crippen LogP contribution < -0.4 is 16.2 Å². The Morgan fingerprint density at radius 3 is 2.50 bits per heavy atom. The molecule has 0 saturated carbocycles. The van der Waals surface area contributed by atoms with Gasteiger partial charge in [-0.05, 0) is 30.3 Å². The number of rotatable bonds is 3. The number of carbonyl (C=O) groups is 3. The number of hydrogen-bond donors (Lipinski definition) is 3. The maximum Gasteiger partial charge on any atom is 0.337 e. The summed E-state index contributed by atoms with van der Waals surface area (Å²) < 4.78 is 13.0. The maximum atomic E-state index is 13.0. The molecule has 24 heavy (non-hydrogen) atoms. The molecule has 3 amide bonds. The molecule has 0 aliphatic heterocycles. The summed E-state index contributed by atoms with van der Waals surface area (Å²) in [6, 6.07) is 7.40. The van der Waals surface area contributed by atoms with Gasteiger partial charge in [-0.2, -0.15) is 0 Å². The molecular formula is C15H13FN4NaO3. The molecule has 1 radical (unpaired) electrons. The van der Waals surface area contributed by atoms with Gasteiger partial charge >= 0.3 is 6.03 Å². The molecule has 0 aliphatic rings. The van der Waals surface area contributed by atoms with E-state index in [9.17, 15) is 18.8 Å². The van der Waals surface area contributed by atoms with Crippen LogP contribution in [-0.4, -0.2) is 52.3 Å². The fourth-order valence-electron chi connectivity index (χ4n) is 1.78. The van der Waals surface area contributed by atoms with Crippen molar-refractivity contribution in [2.45, 2.75) is 6.92 Å². The molecular weight excluding hydrogens is 326 g/mol. The molecule has 0 saturated heterocycles. The predicted octanol–water partition coefficient (Wildman–Crippen LogP) is 1.51. The molecule has 0 fully saturated rings. The summed E-state index contributed by atoms with van der Waals surface area (Å²) in [6.45, 7) is 1.28. The number of nitrogens with zero attached hydrogens (tertiary/aromatic N) is 1. The third-order valence-electron chi connectivity index (χ3n) is 2.76. The number of amides is 3. The van der Waals surface area contributed by atoms with Crippen molar-refractivity contribution in [2.24, 2.45) is 0 Å². The fraction of sp³-hybridized carbons (Fsp3) is 0.0667. The summed E-state index contributed by atoms with van der Waals surface area (Å²) in [6.07, 6.45) is 1.39. The second kappa shape index (κ2) is 9.11. The Hall–Kier alpha value is -2.29. The minimum Gasteiger partial charge on any atom is -0.306 e. The molecule has 0 unspecified atom stereocenters. The minimum absolute atomic E-state index is 0. The molecule has 1 heterocycles. The van der Waals surface area contributed by atoms with Crippen molar-refractivity contribution in [3.05, 3.63) is 59.7 Å². The zero-order chi connectivity index (χ0) is 16.8. The summed E-state index contributed by atoms with van der Waals surface area (Å²) >= 11 is 0. The van der Waals surface area contributed by atoms with Crippen molar-refractivity contribution in [1.29, 1.82) is 0 Å². The van der Waals surface area contributed by atoms with Crippen LogP contribution in [0.2, 0.25) is 0 Å². The van der Waals surface area contributed by atoms with Gasteiger partial charge < -0.3 is 5.32 Å². The van der Waals surface area contributed by atoms with Crippen molar-refractivity contribution >= 4 is 53.0 Å². The second-order valence-electron chi connectivity index (χ2n) is 4.50. The van der Waals surface area contributed by atoms with Gasteiger partial charge in [0.2, 0.25) is 0 Å². The Morgan fingerprint density at radius 2 is 1.83 bits per heavy atom. The van der Waals surface area contributed by atoms with Gasteiger partial charge in [-0.25, -0.2) is 14.6 Å². The van der Waals surface area contributed by atoms with Gasteiger partial charge in [0.05, 0.1) is 5.56 Å². The molecule has 0 bridgehead atoms. The number of nitrogens with one attached hydrogen (secondary N) is 3. The number of carbonyl (C=O) groups excluding carboxylic acids is 3. The first-order chi connectivity index (χ1) is 11.0. The van der Waals surface area contributed by atoms with E-state index in [1.54, 1.807) is 0 Å². The molecule has 2 aromatic rings. The van der Waals surface area contributed by atoms with Crippen LogP contribution in [0.4, 0.5) is 14.9 Å². The van der Waals surface area contributed by atoms with Crippen LogP contribution in [-0.2, 0) is 0 Å². The average Bonchev–Trinajstić information content (AvgIpc) is 2.52. The van der Waals surface area contributed by atoms with Crippen LogP contribution >= 0.6 is 0 Å². The Morgan fingerprint density at radius 1 is 1.08 bits per heavy atom. The van der Waals surface area contributed by atoms with E-state index in [-0.39, 0.29) is 52.3 Å². The molecule has 119 valence electrons. The third-order valence-corrected chi connectivity index (χ3v) is 2.76. The molecule has 2 rings (SSSR count). The minimum atomic E-state index is -0.766. The Kier molecular flexibility index (Phi) is 7.50. The van der Waals surface area contributed by atoms with E-state index in [2.05, 4.69) is 21.2 Å². The van der Waals surface area contributed by atoms with E-state index in [4.69, 9.17) is 0 Å². The standard InChI is InChI=1S/C15H13FN4O3.Na/c1-9(21)13-12(6-3-7-17-13)14(22)19-20-15(23)18-11-5-2-4-10(16)8-11;/h2-8H,1H3,(H,19,22)(H2,18,20,23);. The van der Waals surface area contributed by atoms with Crippen LogP contribution in [0.15, 0.2) is 42.6 Å². The zero-order valence-corrected chi connectivity index (χ0v) is 15.1. The third kappa shape index (κ3) is 5.41. The molecule has 0 aliphatic carbocycles. The zero-order valence-electron chi connectivity index (χ0n) is 13.1. The monoisotopic (exact) mass is 339 g/mol. The quantitative estimate of drug-likeness (QED) is 0.448. The number of Topliss-reactive ketones (excluding diaryl/α,β-unsaturated/α-hetero) is 1. The first-order valence-electron chi connectivity index (χ1n) is 6.56. The van der Waals surface area contributed by atoms with Crippen LogP contribution in [0.1, 0.15) is 27.8 Å². The van der Waals surface area contributed by atoms with Gasteiger partial charge in [-0.1, -0.05) is 6.07 Å². The Labute approximate surface area is 159 Å². The molecule has 1 aromatic heterocycles. The molecule has 0 spiro atoms. The fourth-order valence-corrected chi connectivity index (χ4v) is 1.78. The summed E-state index contributed by atoms with van der Waals surface area (Å²) in [5, 5.41) is 2.34. The molecule has 7 nitrogen and oxygen atoms in total. The maximum absolute atomic E-state index is 13.0. The number of halogens is 1. The molecule has 0 atom stereocenters. The van der Waals surface area contributed by atoms with Gasteiger partial charge in [0.1, 0.15) is 11.5 Å². The molecule has 9 heteroatoms. The Balaban J connectivity index is 0.00000288. The van der Waals surface area contributed by atoms with Crippen molar-refractivity contribution in [3.63, 3.8) is 0 Å². The van der Waals surface area contributed by atoms with E-state index in [1.807, 2.05) is 0 Å². The predicted molar refractivity (Wildman–Crippen MR) is 86.0 cm³/mol. The number of hydrogen-bond acceptors (Lipinski definition) is 4. The number of anilines is 1. The van der Waals surface area contributed by atoms with Gasteiger partial charge in [0, 0.05) is 48.4 Å². The van der Waals surface area contributed by atoms with Crippen LogP contribution in [0.3, 0.4) is 0 Å².